The molecule has 0 amide bonds. The summed E-state index contributed by atoms with van der Waals surface area (Å²) in [4.78, 5) is 4.35. The predicted molar refractivity (Wildman–Crippen MR) is 69.1 cm³/mol. The van der Waals surface area contributed by atoms with Crippen LogP contribution in [0.15, 0.2) is 22.7 Å². The van der Waals surface area contributed by atoms with Crippen LogP contribution in [0.1, 0.15) is 18.3 Å². The molecule has 1 unspecified atom stereocenters. The van der Waals surface area contributed by atoms with E-state index in [1.165, 1.54) is 0 Å². The van der Waals surface area contributed by atoms with Crippen molar-refractivity contribution in [3.63, 3.8) is 0 Å². The number of ether oxygens (including phenoxy) is 1. The number of benzene rings is 1. The average Bonchev–Trinajstić information content (AvgIpc) is 2.77. The van der Waals surface area contributed by atoms with Gasteiger partial charge in [-0.05, 0) is 25.5 Å². The fraction of sp³-hybridized carbons (Fsp3) is 0.385. The summed E-state index contributed by atoms with van der Waals surface area (Å²) < 4.78 is 10.4. The van der Waals surface area contributed by atoms with Gasteiger partial charge in [0.2, 0.25) is 0 Å². The number of aryl methyl sites for hydroxylation is 1. The summed E-state index contributed by atoms with van der Waals surface area (Å²) in [6.45, 7) is 3.92. The third-order valence-electron chi connectivity index (χ3n) is 2.86. The maximum Gasteiger partial charge on any atom is 0.260 e. The van der Waals surface area contributed by atoms with Crippen molar-refractivity contribution in [2.45, 2.75) is 26.4 Å². The van der Waals surface area contributed by atoms with E-state index in [-0.39, 0.29) is 6.10 Å². The predicted octanol–water partition coefficient (Wildman–Crippen LogP) is 2.20. The first-order chi connectivity index (χ1) is 8.61. The zero-order chi connectivity index (χ0) is 13.1. The molecular formula is C13H17N3O2. The quantitative estimate of drug-likeness (QED) is 0.838. The molecule has 0 radical (unpaired) electrons. The fourth-order valence-electron chi connectivity index (χ4n) is 1.76. The van der Waals surface area contributed by atoms with E-state index < -0.39 is 0 Å². The number of nitrogens with zero attached hydrogens (tertiary/aromatic N) is 2. The van der Waals surface area contributed by atoms with Gasteiger partial charge in [0.1, 0.15) is 0 Å². The zero-order valence-corrected chi connectivity index (χ0v) is 10.8. The van der Waals surface area contributed by atoms with E-state index in [1.54, 1.807) is 7.11 Å². The Hall–Kier alpha value is -1.88. The van der Waals surface area contributed by atoms with Gasteiger partial charge in [-0.1, -0.05) is 17.3 Å². The maximum absolute atomic E-state index is 5.94. The standard InChI is InChI=1S/C13H17N3O2/c1-8-5-4-6-10(14)12(8)13-15-11(16-18-13)7-9(2)17-3/h4-6,9H,7,14H2,1-3H3. The number of aromatic nitrogens is 2. The zero-order valence-electron chi connectivity index (χ0n) is 10.8. The third-order valence-corrected chi connectivity index (χ3v) is 2.86. The number of nitrogens with two attached hydrogens (primary N) is 1. The van der Waals surface area contributed by atoms with Crippen molar-refractivity contribution in [2.24, 2.45) is 0 Å². The first kappa shape index (κ1) is 12.6. The second kappa shape index (κ2) is 5.18. The lowest BCUT2D eigenvalue weighted by Crippen LogP contribution is -2.09. The van der Waals surface area contributed by atoms with Crippen molar-refractivity contribution >= 4 is 5.69 Å². The molecule has 0 fully saturated rings. The van der Waals surface area contributed by atoms with E-state index in [0.29, 0.717) is 23.8 Å². The number of rotatable bonds is 4. The van der Waals surface area contributed by atoms with Crippen LogP contribution in [0.5, 0.6) is 0 Å². The van der Waals surface area contributed by atoms with Gasteiger partial charge in [0.25, 0.3) is 5.89 Å². The largest absolute Gasteiger partial charge is 0.398 e. The molecule has 1 heterocycles. The molecule has 0 spiro atoms. The molecule has 0 bridgehead atoms. The molecule has 1 aromatic carbocycles. The number of nitrogen functional groups attached to an aromatic ring is 1. The summed E-state index contributed by atoms with van der Waals surface area (Å²) in [5.74, 6) is 1.09. The molecule has 0 saturated carbocycles. The number of methoxy groups -OCH3 is 1. The fourth-order valence-corrected chi connectivity index (χ4v) is 1.76. The second-order valence-electron chi connectivity index (χ2n) is 4.31. The Bertz CT molecular complexity index is 517. The Balaban J connectivity index is 2.30. The molecule has 2 rings (SSSR count). The van der Waals surface area contributed by atoms with Gasteiger partial charge >= 0.3 is 0 Å². The molecule has 1 atom stereocenters. The number of hydrogen-bond donors (Lipinski definition) is 1. The number of hydrogen-bond acceptors (Lipinski definition) is 5. The second-order valence-corrected chi connectivity index (χ2v) is 4.31. The molecule has 0 aliphatic rings. The Labute approximate surface area is 106 Å². The van der Waals surface area contributed by atoms with Gasteiger partial charge in [0, 0.05) is 19.2 Å². The molecule has 5 nitrogen and oxygen atoms in total. The highest BCUT2D eigenvalue weighted by atomic mass is 16.5. The van der Waals surface area contributed by atoms with Crippen LogP contribution in [0.2, 0.25) is 0 Å². The molecule has 2 aromatic rings. The van der Waals surface area contributed by atoms with Gasteiger partial charge in [-0.2, -0.15) is 4.98 Å². The monoisotopic (exact) mass is 247 g/mol. The van der Waals surface area contributed by atoms with Crippen LogP contribution in [0.3, 0.4) is 0 Å². The molecule has 96 valence electrons. The highest BCUT2D eigenvalue weighted by Crippen LogP contribution is 2.27. The van der Waals surface area contributed by atoms with Crippen LogP contribution >= 0.6 is 0 Å². The summed E-state index contributed by atoms with van der Waals surface area (Å²) in [5.41, 5.74) is 8.41. The number of anilines is 1. The minimum Gasteiger partial charge on any atom is -0.398 e. The van der Waals surface area contributed by atoms with Gasteiger partial charge in [-0.25, -0.2) is 0 Å². The van der Waals surface area contributed by atoms with Crippen molar-refractivity contribution in [1.82, 2.24) is 10.1 Å². The molecule has 0 saturated heterocycles. The smallest absolute Gasteiger partial charge is 0.260 e. The Morgan fingerprint density at radius 1 is 1.44 bits per heavy atom. The van der Waals surface area contributed by atoms with E-state index in [1.807, 2.05) is 32.0 Å². The van der Waals surface area contributed by atoms with E-state index in [9.17, 15) is 0 Å². The van der Waals surface area contributed by atoms with E-state index in [0.717, 1.165) is 11.1 Å². The Kier molecular flexibility index (Phi) is 3.62. The van der Waals surface area contributed by atoms with Gasteiger partial charge in [0.05, 0.1) is 11.7 Å². The maximum atomic E-state index is 5.94. The SMILES string of the molecule is COC(C)Cc1noc(-c2c(C)cccc2N)n1. The van der Waals surface area contributed by atoms with Crippen molar-refractivity contribution < 1.29 is 9.26 Å². The lowest BCUT2D eigenvalue weighted by Gasteiger charge is -2.04. The lowest BCUT2D eigenvalue weighted by molar-refractivity contribution is 0.116. The molecule has 1 aromatic heterocycles. The molecule has 0 aliphatic carbocycles. The normalized spacial score (nSPS) is 12.6. The van der Waals surface area contributed by atoms with Crippen molar-refractivity contribution in [2.75, 3.05) is 12.8 Å². The molecule has 0 aliphatic heterocycles. The van der Waals surface area contributed by atoms with Gasteiger partial charge in [0.15, 0.2) is 5.82 Å². The summed E-state index contributed by atoms with van der Waals surface area (Å²) >= 11 is 0. The van der Waals surface area contributed by atoms with E-state index in [4.69, 9.17) is 15.0 Å². The highest BCUT2D eigenvalue weighted by Gasteiger charge is 2.15. The van der Waals surface area contributed by atoms with Crippen molar-refractivity contribution in [3.8, 4) is 11.5 Å². The molecule has 18 heavy (non-hydrogen) atoms. The topological polar surface area (TPSA) is 74.2 Å². The van der Waals surface area contributed by atoms with Crippen LogP contribution < -0.4 is 5.73 Å². The summed E-state index contributed by atoms with van der Waals surface area (Å²) in [6.07, 6.45) is 0.677. The average molecular weight is 247 g/mol. The summed E-state index contributed by atoms with van der Waals surface area (Å²) in [7, 11) is 1.66. The Morgan fingerprint density at radius 3 is 2.89 bits per heavy atom. The van der Waals surface area contributed by atoms with E-state index >= 15 is 0 Å². The third kappa shape index (κ3) is 2.51. The van der Waals surface area contributed by atoms with Crippen LogP contribution in [-0.2, 0) is 11.2 Å². The molecule has 2 N–H and O–H groups in total. The van der Waals surface area contributed by atoms with Crippen LogP contribution in [0, 0.1) is 6.92 Å². The van der Waals surface area contributed by atoms with Crippen LogP contribution in [-0.4, -0.2) is 23.4 Å². The van der Waals surface area contributed by atoms with Crippen molar-refractivity contribution in [1.29, 1.82) is 0 Å². The first-order valence-corrected chi connectivity index (χ1v) is 5.82. The molecular weight excluding hydrogens is 230 g/mol. The Morgan fingerprint density at radius 2 is 2.22 bits per heavy atom. The van der Waals surface area contributed by atoms with Crippen LogP contribution in [0.25, 0.3) is 11.5 Å². The first-order valence-electron chi connectivity index (χ1n) is 5.82. The van der Waals surface area contributed by atoms with Gasteiger partial charge < -0.3 is 15.0 Å². The summed E-state index contributed by atoms with van der Waals surface area (Å²) in [5, 5.41) is 3.94. The van der Waals surface area contributed by atoms with E-state index in [2.05, 4.69) is 10.1 Å². The van der Waals surface area contributed by atoms with Crippen LogP contribution in [0.4, 0.5) is 5.69 Å². The minimum atomic E-state index is 0.0599. The summed E-state index contributed by atoms with van der Waals surface area (Å²) in [6, 6.07) is 5.69. The van der Waals surface area contributed by atoms with Crippen molar-refractivity contribution in [3.05, 3.63) is 29.6 Å². The minimum absolute atomic E-state index is 0.0599. The van der Waals surface area contributed by atoms with Gasteiger partial charge in [-0.15, -0.1) is 0 Å². The molecule has 5 heteroatoms. The highest BCUT2D eigenvalue weighted by molar-refractivity contribution is 5.73. The lowest BCUT2D eigenvalue weighted by atomic mass is 10.1. The van der Waals surface area contributed by atoms with Gasteiger partial charge in [-0.3, -0.25) is 0 Å².